The minimum Gasteiger partial charge on any atom is -0.477 e. The topological polar surface area (TPSA) is 108 Å². The monoisotopic (exact) mass is 1070 g/mol. The molecule has 9 heteroatoms. The summed E-state index contributed by atoms with van der Waals surface area (Å²) in [5.41, 5.74) is 0. The van der Waals surface area contributed by atoms with Gasteiger partial charge < -0.3 is 28.5 Å². The highest BCUT2D eigenvalue weighted by Crippen LogP contribution is 2.16. The number of unbranched alkanes of at least 4 members (excludes halogenated alkanes) is 20. The van der Waals surface area contributed by atoms with Crippen LogP contribution in [0.4, 0.5) is 0 Å². The Morgan fingerprint density at radius 1 is 0.390 bits per heavy atom. The molecule has 0 aliphatic rings. The summed E-state index contributed by atoms with van der Waals surface area (Å²) >= 11 is 0. The highest BCUT2D eigenvalue weighted by Gasteiger charge is 2.25. The van der Waals surface area contributed by atoms with Crippen molar-refractivity contribution in [2.45, 2.75) is 245 Å². The van der Waals surface area contributed by atoms with Crippen LogP contribution in [0.2, 0.25) is 0 Å². The van der Waals surface area contributed by atoms with E-state index in [9.17, 15) is 19.5 Å². The van der Waals surface area contributed by atoms with Crippen molar-refractivity contribution in [3.05, 3.63) is 122 Å². The third-order valence-corrected chi connectivity index (χ3v) is 12.7. The van der Waals surface area contributed by atoms with Crippen LogP contribution in [0.3, 0.4) is 0 Å². The van der Waals surface area contributed by atoms with E-state index in [0.29, 0.717) is 17.4 Å². The van der Waals surface area contributed by atoms with E-state index in [1.807, 2.05) is 21.1 Å². The Hall–Kier alpha value is -4.31. The number of hydrogen-bond donors (Lipinski definition) is 1. The summed E-state index contributed by atoms with van der Waals surface area (Å²) in [6.45, 7) is 4.60. The van der Waals surface area contributed by atoms with Crippen LogP contribution in [0.15, 0.2) is 122 Å². The Morgan fingerprint density at radius 2 is 0.701 bits per heavy atom. The molecule has 0 radical (unpaired) electrons. The Kier molecular flexibility index (Phi) is 54.6. The molecule has 0 spiro atoms. The van der Waals surface area contributed by atoms with Gasteiger partial charge in [-0.15, -0.1) is 0 Å². The second-order valence-corrected chi connectivity index (χ2v) is 21.2. The molecular formula is C68H114NO8+. The van der Waals surface area contributed by atoms with E-state index in [4.69, 9.17) is 18.9 Å². The highest BCUT2D eigenvalue weighted by molar-refractivity contribution is 5.71. The molecule has 0 saturated carbocycles. The molecule has 2 unspecified atom stereocenters. The number of rotatable bonds is 55. The fourth-order valence-electron chi connectivity index (χ4n) is 8.07. The molecule has 0 aromatic heterocycles. The first-order valence-corrected chi connectivity index (χ1v) is 30.7. The van der Waals surface area contributed by atoms with Crippen molar-refractivity contribution < 1.29 is 42.9 Å². The minimum atomic E-state index is -1.53. The second-order valence-electron chi connectivity index (χ2n) is 21.2. The van der Waals surface area contributed by atoms with Gasteiger partial charge in [-0.05, 0) is 103 Å². The zero-order chi connectivity index (χ0) is 56.2. The molecule has 0 aliphatic carbocycles. The molecule has 0 heterocycles. The van der Waals surface area contributed by atoms with Gasteiger partial charge in [-0.3, -0.25) is 9.59 Å². The van der Waals surface area contributed by atoms with Crippen molar-refractivity contribution >= 4 is 17.9 Å². The molecule has 438 valence electrons. The van der Waals surface area contributed by atoms with Gasteiger partial charge >= 0.3 is 17.9 Å². The molecule has 0 saturated heterocycles. The van der Waals surface area contributed by atoms with Crippen molar-refractivity contribution in [1.29, 1.82) is 0 Å². The van der Waals surface area contributed by atoms with E-state index in [1.165, 1.54) is 103 Å². The molecule has 0 rings (SSSR count). The largest absolute Gasteiger partial charge is 0.477 e. The zero-order valence-corrected chi connectivity index (χ0v) is 49.8. The van der Waals surface area contributed by atoms with Gasteiger partial charge in [-0.2, -0.15) is 0 Å². The third kappa shape index (κ3) is 59.2. The average Bonchev–Trinajstić information content (AvgIpc) is 3.40. The lowest BCUT2D eigenvalue weighted by Gasteiger charge is -2.25. The van der Waals surface area contributed by atoms with E-state index < -0.39 is 24.3 Å². The van der Waals surface area contributed by atoms with Crippen LogP contribution in [0, 0.1) is 0 Å². The van der Waals surface area contributed by atoms with E-state index >= 15 is 0 Å². The number of ether oxygens (including phenoxy) is 4. The van der Waals surface area contributed by atoms with Crippen LogP contribution >= 0.6 is 0 Å². The minimum absolute atomic E-state index is 0.174. The number of quaternary nitrogens is 1. The lowest BCUT2D eigenvalue weighted by atomic mass is 10.0. The van der Waals surface area contributed by atoms with Gasteiger partial charge in [0, 0.05) is 12.8 Å². The number of carboxylic acids is 1. The molecule has 0 fully saturated rings. The molecule has 9 nitrogen and oxygen atoms in total. The van der Waals surface area contributed by atoms with Crippen molar-refractivity contribution in [3.63, 3.8) is 0 Å². The number of hydrogen-bond acceptors (Lipinski definition) is 7. The quantitative estimate of drug-likeness (QED) is 0.0211. The van der Waals surface area contributed by atoms with Crippen LogP contribution < -0.4 is 0 Å². The van der Waals surface area contributed by atoms with Crippen LogP contribution in [-0.4, -0.2) is 87.4 Å². The number of aliphatic carboxylic acids is 1. The van der Waals surface area contributed by atoms with Crippen molar-refractivity contribution in [2.75, 3.05) is 47.5 Å². The normalized spacial score (nSPS) is 13.6. The maximum atomic E-state index is 12.9. The molecule has 0 amide bonds. The highest BCUT2D eigenvalue weighted by atomic mass is 16.7. The van der Waals surface area contributed by atoms with Gasteiger partial charge in [0.25, 0.3) is 6.29 Å². The maximum absolute atomic E-state index is 12.9. The molecule has 77 heavy (non-hydrogen) atoms. The van der Waals surface area contributed by atoms with Crippen molar-refractivity contribution in [1.82, 2.24) is 0 Å². The molecule has 2 atom stereocenters. The molecule has 0 bridgehead atoms. The van der Waals surface area contributed by atoms with Crippen LogP contribution in [0.1, 0.15) is 232 Å². The van der Waals surface area contributed by atoms with Gasteiger partial charge in [0.15, 0.2) is 6.10 Å². The zero-order valence-electron chi connectivity index (χ0n) is 49.8. The molecule has 0 aromatic rings. The van der Waals surface area contributed by atoms with Crippen molar-refractivity contribution in [2.24, 2.45) is 0 Å². The standard InChI is InChI=1S/C68H113NO8/c1-6-8-10-12-14-16-18-20-22-24-26-28-29-30-31-32-33-34-35-36-37-39-40-42-44-46-48-50-52-54-56-58-65(70)75-62-64(63-76-68(67(72)73)74-61-60-69(3,4)5)77-66(71)59-57-55-53-51-49-47-45-43-41-38-27-25-23-21-19-17-15-13-11-9-7-2/h8-11,14-17,20-23,26-28,38,43,45,49,51,64,68H,6-7,12-13,18-19,24-25,29-37,39-42,44,46-48,50,52-63H2,1-5H3/p+1/b10-8-,11-9-,16-14-,17-15-,22-20-,23-21-,28-26-,38-27-,45-43-,51-49-. The van der Waals surface area contributed by atoms with Gasteiger partial charge in [0.2, 0.25) is 0 Å². The van der Waals surface area contributed by atoms with Gasteiger partial charge in [-0.25, -0.2) is 4.79 Å². The smallest absolute Gasteiger partial charge is 0.361 e. The first kappa shape index (κ1) is 72.7. The van der Waals surface area contributed by atoms with E-state index in [2.05, 4.69) is 135 Å². The maximum Gasteiger partial charge on any atom is 0.361 e. The first-order valence-electron chi connectivity index (χ1n) is 30.7. The second kappa shape index (κ2) is 57.9. The lowest BCUT2D eigenvalue weighted by molar-refractivity contribution is -0.870. The summed E-state index contributed by atoms with van der Waals surface area (Å²) in [5, 5.41) is 9.71. The predicted molar refractivity (Wildman–Crippen MR) is 327 cm³/mol. The summed E-state index contributed by atoms with van der Waals surface area (Å²) in [4.78, 5) is 37.5. The van der Waals surface area contributed by atoms with Gasteiger partial charge in [0.1, 0.15) is 13.2 Å². The summed E-state index contributed by atoms with van der Waals surface area (Å²) in [7, 11) is 5.95. The molecule has 0 aliphatic heterocycles. The molecular weight excluding hydrogens is 959 g/mol. The van der Waals surface area contributed by atoms with E-state index in [1.54, 1.807) is 0 Å². The van der Waals surface area contributed by atoms with E-state index in [-0.39, 0.29) is 38.6 Å². The van der Waals surface area contributed by atoms with Crippen LogP contribution in [0.5, 0.6) is 0 Å². The Balaban J connectivity index is 4.22. The van der Waals surface area contributed by atoms with Crippen LogP contribution in [-0.2, 0) is 33.3 Å². The Morgan fingerprint density at radius 3 is 1.06 bits per heavy atom. The number of nitrogens with zero attached hydrogens (tertiary/aromatic N) is 1. The summed E-state index contributed by atoms with van der Waals surface area (Å²) in [6.07, 6.45) is 78.7. The number of carbonyl (C=O) groups is 3. The SMILES string of the molecule is CC/C=C\C/C=C\C/C=C\C/C=C\C/C=C\C/C=C\CCCCC(=O)OC(COC(=O)CCCCCCCCCCCCCCCCCCCC/C=C\C/C=C\C/C=C\C/C=C\CC)COC(OCC[N+](C)(C)C)C(=O)O. The fraction of sp³-hybridized carbons (Fsp3) is 0.662. The van der Waals surface area contributed by atoms with Crippen LogP contribution in [0.25, 0.3) is 0 Å². The number of likely N-dealkylation sites (N-methyl/N-ethyl adjacent to an activating group) is 1. The third-order valence-electron chi connectivity index (χ3n) is 12.7. The van der Waals surface area contributed by atoms with E-state index in [0.717, 1.165) is 96.3 Å². The number of esters is 2. The number of allylic oxidation sites excluding steroid dienone is 20. The Bertz CT molecular complexity index is 1670. The van der Waals surface area contributed by atoms with Gasteiger partial charge in [-0.1, -0.05) is 238 Å². The molecule has 1 N–H and O–H groups in total. The lowest BCUT2D eigenvalue weighted by Crippen LogP contribution is -2.40. The summed E-state index contributed by atoms with van der Waals surface area (Å²) < 4.78 is 22.8. The van der Waals surface area contributed by atoms with Gasteiger partial charge in [0.05, 0.1) is 34.4 Å². The predicted octanol–water partition coefficient (Wildman–Crippen LogP) is 18.5. The number of carboxylic acid groups (broad SMARTS) is 1. The summed E-state index contributed by atoms with van der Waals surface area (Å²) in [5.74, 6) is -2.07. The van der Waals surface area contributed by atoms with Crippen molar-refractivity contribution in [3.8, 4) is 0 Å². The first-order chi connectivity index (χ1) is 37.6. The average molecular weight is 1070 g/mol. The fourth-order valence-corrected chi connectivity index (χ4v) is 8.07. The summed E-state index contributed by atoms with van der Waals surface area (Å²) in [6, 6.07) is 0. The number of carbonyl (C=O) groups excluding carboxylic acids is 2. The molecule has 0 aromatic carbocycles. The Labute approximate surface area is 472 Å².